The number of nitrogens with zero attached hydrogens (tertiary/aromatic N) is 4. The van der Waals surface area contributed by atoms with Crippen LogP contribution >= 0.6 is 0 Å². The molecule has 3 aromatic carbocycles. The number of aromatic nitrogens is 2. The molecule has 0 spiro atoms. The number of benzene rings is 3. The van der Waals surface area contributed by atoms with Crippen molar-refractivity contribution in [1.29, 1.82) is 0 Å². The van der Waals surface area contributed by atoms with E-state index < -0.39 is 0 Å². The van der Waals surface area contributed by atoms with Gasteiger partial charge in [0.1, 0.15) is 23.0 Å². The number of hydrogen-bond acceptors (Lipinski definition) is 5. The first-order valence-electron chi connectivity index (χ1n) is 12.6. The fourth-order valence-corrected chi connectivity index (χ4v) is 4.98. The summed E-state index contributed by atoms with van der Waals surface area (Å²) < 4.78 is 26.4. The van der Waals surface area contributed by atoms with E-state index in [4.69, 9.17) is 14.6 Å². The minimum absolute atomic E-state index is 0.137. The molecule has 0 radical (unpaired) electrons. The predicted octanol–water partition coefficient (Wildman–Crippen LogP) is 4.86. The van der Waals surface area contributed by atoms with Gasteiger partial charge in [0.25, 0.3) is 5.91 Å². The maximum Gasteiger partial charge on any atom is 0.257 e. The highest BCUT2D eigenvalue weighted by Crippen LogP contribution is 2.31. The summed E-state index contributed by atoms with van der Waals surface area (Å²) in [5.74, 6) is 0.896. The summed E-state index contributed by atoms with van der Waals surface area (Å²) in [5, 5.41) is 5.02. The molecule has 1 amide bonds. The Labute approximate surface area is 222 Å². The topological polar surface area (TPSA) is 59.8 Å². The van der Waals surface area contributed by atoms with E-state index in [0.717, 1.165) is 46.9 Å². The van der Waals surface area contributed by atoms with Gasteiger partial charge in [-0.15, -0.1) is 0 Å². The molecule has 0 unspecified atom stereocenters. The lowest BCUT2D eigenvalue weighted by molar-refractivity contribution is 0.0779. The van der Waals surface area contributed by atoms with Crippen LogP contribution in [0.2, 0.25) is 0 Å². The van der Waals surface area contributed by atoms with Crippen molar-refractivity contribution < 1.29 is 18.7 Å². The van der Waals surface area contributed by atoms with Crippen molar-refractivity contribution in [2.24, 2.45) is 0 Å². The van der Waals surface area contributed by atoms with Gasteiger partial charge in [-0.2, -0.15) is 5.10 Å². The first kappa shape index (κ1) is 25.5. The summed E-state index contributed by atoms with van der Waals surface area (Å²) in [6, 6.07) is 21.7. The van der Waals surface area contributed by atoms with E-state index in [2.05, 4.69) is 4.90 Å². The summed E-state index contributed by atoms with van der Waals surface area (Å²) in [7, 11) is 5.00. The first-order valence-corrected chi connectivity index (χ1v) is 12.6. The number of para-hydroxylation sites is 3. The van der Waals surface area contributed by atoms with Gasteiger partial charge in [-0.1, -0.05) is 36.4 Å². The molecule has 0 atom stereocenters. The second-order valence-electron chi connectivity index (χ2n) is 9.40. The van der Waals surface area contributed by atoms with Gasteiger partial charge in [-0.05, 0) is 42.0 Å². The van der Waals surface area contributed by atoms with Gasteiger partial charge in [-0.25, -0.2) is 9.07 Å². The van der Waals surface area contributed by atoms with Crippen LogP contribution in [0.25, 0.3) is 5.69 Å². The van der Waals surface area contributed by atoms with Crippen LogP contribution in [0.3, 0.4) is 0 Å². The third-order valence-electron chi connectivity index (χ3n) is 6.92. The molecular formula is C30H31FN4O3. The molecule has 0 aliphatic carbocycles. The van der Waals surface area contributed by atoms with Gasteiger partial charge >= 0.3 is 0 Å². The Bertz CT molecular complexity index is 1430. The van der Waals surface area contributed by atoms with Crippen LogP contribution in [0, 0.1) is 5.82 Å². The number of methoxy groups -OCH3 is 2. The lowest BCUT2D eigenvalue weighted by atomic mass is 10.0. The highest BCUT2D eigenvalue weighted by molar-refractivity contribution is 5.96. The Morgan fingerprint density at radius 1 is 0.974 bits per heavy atom. The Balaban J connectivity index is 1.48. The number of carbonyl (C=O) groups excluding carboxylic acids is 1. The average molecular weight is 515 g/mol. The number of fused-ring (bicyclic) bond motifs is 1. The standard InChI is InChI=1S/C30H31FN4O3/c1-33(30(36)23-8-4-6-10-28(23)37-2)20-25-24-19-34(18-21-12-14-22(31)15-13-21)17-16-26(24)35(32-25)27-9-5-7-11-29(27)38-3/h4-15H,16-20H2,1-3H3. The van der Waals surface area contributed by atoms with Crippen LogP contribution < -0.4 is 9.47 Å². The molecule has 1 aliphatic rings. The number of carbonyl (C=O) groups is 1. The highest BCUT2D eigenvalue weighted by Gasteiger charge is 2.28. The second-order valence-corrected chi connectivity index (χ2v) is 9.40. The van der Waals surface area contributed by atoms with Gasteiger partial charge in [0.2, 0.25) is 0 Å². The van der Waals surface area contributed by atoms with E-state index in [1.807, 2.05) is 53.2 Å². The Morgan fingerprint density at radius 3 is 2.39 bits per heavy atom. The van der Waals surface area contributed by atoms with Crippen molar-refractivity contribution in [2.45, 2.75) is 26.1 Å². The van der Waals surface area contributed by atoms with Crippen LogP contribution in [0.5, 0.6) is 11.5 Å². The van der Waals surface area contributed by atoms with E-state index in [1.165, 1.54) is 12.1 Å². The summed E-state index contributed by atoms with van der Waals surface area (Å²) in [6.45, 7) is 2.55. The van der Waals surface area contributed by atoms with Gasteiger partial charge in [0, 0.05) is 38.7 Å². The smallest absolute Gasteiger partial charge is 0.257 e. The van der Waals surface area contributed by atoms with Gasteiger partial charge < -0.3 is 14.4 Å². The zero-order valence-electron chi connectivity index (χ0n) is 21.9. The number of amides is 1. The fourth-order valence-electron chi connectivity index (χ4n) is 4.98. The number of hydrogen-bond donors (Lipinski definition) is 0. The Kier molecular flexibility index (Phi) is 7.42. The molecule has 0 saturated heterocycles. The van der Waals surface area contributed by atoms with Gasteiger partial charge in [0.05, 0.1) is 37.7 Å². The van der Waals surface area contributed by atoms with Crippen molar-refractivity contribution in [2.75, 3.05) is 27.8 Å². The fraction of sp³-hybridized carbons (Fsp3) is 0.267. The summed E-state index contributed by atoms with van der Waals surface area (Å²) in [4.78, 5) is 17.4. The molecule has 0 N–H and O–H groups in total. The molecular weight excluding hydrogens is 483 g/mol. The molecule has 0 fully saturated rings. The minimum atomic E-state index is -0.238. The summed E-state index contributed by atoms with van der Waals surface area (Å²) >= 11 is 0. The molecule has 0 saturated carbocycles. The van der Waals surface area contributed by atoms with Gasteiger partial charge in [0.15, 0.2) is 0 Å². The third kappa shape index (κ3) is 5.13. The van der Waals surface area contributed by atoms with Crippen molar-refractivity contribution in [3.05, 3.63) is 107 Å². The SMILES string of the molecule is COc1ccccc1C(=O)N(C)Cc1nn(-c2ccccc2OC)c2c1CN(Cc1ccc(F)cc1)CC2. The van der Waals surface area contributed by atoms with Crippen LogP contribution in [-0.4, -0.2) is 53.3 Å². The molecule has 5 rings (SSSR count). The molecule has 4 aromatic rings. The maximum absolute atomic E-state index is 13.4. The van der Waals surface area contributed by atoms with E-state index >= 15 is 0 Å². The van der Waals surface area contributed by atoms with E-state index in [9.17, 15) is 9.18 Å². The van der Waals surface area contributed by atoms with Crippen molar-refractivity contribution in [3.8, 4) is 17.2 Å². The molecule has 1 aromatic heterocycles. The maximum atomic E-state index is 13.4. The summed E-state index contributed by atoms with van der Waals surface area (Å²) in [6.07, 6.45) is 0.783. The normalized spacial score (nSPS) is 13.2. The number of rotatable bonds is 8. The van der Waals surface area contributed by atoms with E-state index in [-0.39, 0.29) is 11.7 Å². The van der Waals surface area contributed by atoms with Crippen molar-refractivity contribution >= 4 is 5.91 Å². The largest absolute Gasteiger partial charge is 0.496 e. The highest BCUT2D eigenvalue weighted by atomic mass is 19.1. The summed E-state index contributed by atoms with van der Waals surface area (Å²) in [5.41, 5.74) is 5.47. The molecule has 38 heavy (non-hydrogen) atoms. The minimum Gasteiger partial charge on any atom is -0.496 e. The van der Waals surface area contributed by atoms with Crippen LogP contribution in [-0.2, 0) is 26.1 Å². The van der Waals surface area contributed by atoms with Crippen LogP contribution in [0.1, 0.15) is 32.9 Å². The molecule has 1 aliphatic heterocycles. The van der Waals surface area contributed by atoms with E-state index in [0.29, 0.717) is 30.9 Å². The molecule has 2 heterocycles. The second kappa shape index (κ2) is 11.1. The quantitative estimate of drug-likeness (QED) is 0.336. The average Bonchev–Trinajstić information content (AvgIpc) is 3.30. The van der Waals surface area contributed by atoms with Crippen molar-refractivity contribution in [3.63, 3.8) is 0 Å². The third-order valence-corrected chi connectivity index (χ3v) is 6.92. The predicted molar refractivity (Wildman–Crippen MR) is 143 cm³/mol. The molecule has 196 valence electrons. The zero-order chi connectivity index (χ0) is 26.6. The number of halogens is 1. The first-order chi connectivity index (χ1) is 18.5. The lowest BCUT2D eigenvalue weighted by Gasteiger charge is -2.28. The monoisotopic (exact) mass is 514 g/mol. The van der Waals surface area contributed by atoms with Crippen LogP contribution in [0.4, 0.5) is 4.39 Å². The number of ether oxygens (including phenoxy) is 2. The molecule has 8 heteroatoms. The molecule has 0 bridgehead atoms. The van der Waals surface area contributed by atoms with E-state index in [1.54, 1.807) is 38.3 Å². The Morgan fingerprint density at radius 2 is 1.66 bits per heavy atom. The lowest BCUT2D eigenvalue weighted by Crippen LogP contribution is -2.32. The van der Waals surface area contributed by atoms with Crippen LogP contribution in [0.15, 0.2) is 72.8 Å². The van der Waals surface area contributed by atoms with Crippen molar-refractivity contribution in [1.82, 2.24) is 19.6 Å². The Hall–Kier alpha value is -4.17. The zero-order valence-corrected chi connectivity index (χ0v) is 21.9. The molecule has 7 nitrogen and oxygen atoms in total. The van der Waals surface area contributed by atoms with Gasteiger partial charge in [-0.3, -0.25) is 9.69 Å².